The molecule has 1 saturated carbocycles. The molecule has 39 heavy (non-hydrogen) atoms. The summed E-state index contributed by atoms with van der Waals surface area (Å²) in [6.07, 6.45) is 12.9. The van der Waals surface area contributed by atoms with E-state index in [0.717, 1.165) is 42.6 Å². The van der Waals surface area contributed by atoms with Gasteiger partial charge in [0.1, 0.15) is 5.82 Å². The van der Waals surface area contributed by atoms with Crippen LogP contribution < -0.4 is 10.6 Å². The molecule has 0 bridgehead atoms. The van der Waals surface area contributed by atoms with Crippen LogP contribution in [0.2, 0.25) is 0 Å². The number of aryl methyl sites for hydroxylation is 1. The van der Waals surface area contributed by atoms with Crippen LogP contribution in [0.3, 0.4) is 0 Å². The van der Waals surface area contributed by atoms with Crippen molar-refractivity contribution in [2.75, 3.05) is 7.05 Å². The summed E-state index contributed by atoms with van der Waals surface area (Å²) in [4.78, 5) is 34.5. The molecule has 0 radical (unpaired) electrons. The molecule has 3 aromatic rings. The molecule has 4 rings (SSSR count). The van der Waals surface area contributed by atoms with Crippen molar-refractivity contribution in [2.45, 2.75) is 90.2 Å². The zero-order valence-electron chi connectivity index (χ0n) is 23.3. The average molecular weight is 536 g/mol. The van der Waals surface area contributed by atoms with Gasteiger partial charge in [0.05, 0.1) is 30.0 Å². The third-order valence-corrected chi connectivity index (χ3v) is 7.71. The monoisotopic (exact) mass is 535 g/mol. The fourth-order valence-corrected chi connectivity index (χ4v) is 5.56. The van der Waals surface area contributed by atoms with Crippen molar-refractivity contribution in [3.05, 3.63) is 42.2 Å². The van der Waals surface area contributed by atoms with Crippen LogP contribution >= 0.6 is 0 Å². The number of hydrogen-bond acceptors (Lipinski definition) is 7. The molecule has 2 amide bonds. The van der Waals surface area contributed by atoms with E-state index in [9.17, 15) is 14.7 Å². The number of hydrogen-bond donors (Lipinski definition) is 3. The molecule has 3 aromatic heterocycles. The minimum absolute atomic E-state index is 0.0160. The number of rotatable bonds is 12. The van der Waals surface area contributed by atoms with Gasteiger partial charge < -0.3 is 15.7 Å². The number of fused-ring (bicyclic) bond motifs is 1. The normalized spacial score (nSPS) is 16.5. The predicted molar refractivity (Wildman–Crippen MR) is 149 cm³/mol. The van der Waals surface area contributed by atoms with Crippen molar-refractivity contribution < 1.29 is 14.7 Å². The molecular formula is C29H41N7O3. The van der Waals surface area contributed by atoms with Gasteiger partial charge in [-0.15, -0.1) is 10.2 Å². The molecule has 1 fully saturated rings. The van der Waals surface area contributed by atoms with E-state index in [1.54, 1.807) is 26.4 Å². The van der Waals surface area contributed by atoms with Crippen LogP contribution in [0.25, 0.3) is 16.9 Å². The van der Waals surface area contributed by atoms with Crippen LogP contribution in [0, 0.1) is 11.8 Å². The molecule has 0 saturated heterocycles. The highest BCUT2D eigenvalue weighted by Gasteiger charge is 2.29. The molecule has 0 aliphatic heterocycles. The number of aromatic nitrogens is 5. The Morgan fingerprint density at radius 2 is 2.00 bits per heavy atom. The van der Waals surface area contributed by atoms with E-state index in [1.165, 1.54) is 19.3 Å². The van der Waals surface area contributed by atoms with Gasteiger partial charge in [-0.25, -0.2) is 4.98 Å². The Bertz CT molecular complexity index is 1240. The Morgan fingerprint density at radius 3 is 2.69 bits per heavy atom. The first-order valence-corrected chi connectivity index (χ1v) is 14.2. The first-order valence-electron chi connectivity index (χ1n) is 14.2. The minimum atomic E-state index is -0.823. The lowest BCUT2D eigenvalue weighted by Gasteiger charge is -2.31. The molecule has 210 valence electrons. The Hall–Kier alpha value is -3.40. The summed E-state index contributed by atoms with van der Waals surface area (Å²) in [5, 5.41) is 25.6. The van der Waals surface area contributed by atoms with Gasteiger partial charge in [0, 0.05) is 37.1 Å². The zero-order chi connectivity index (χ0) is 27.8. The molecule has 0 aromatic carbocycles. The van der Waals surface area contributed by atoms with Gasteiger partial charge in [-0.1, -0.05) is 52.4 Å². The average Bonchev–Trinajstić information content (AvgIpc) is 3.35. The Kier molecular flexibility index (Phi) is 9.97. The van der Waals surface area contributed by atoms with E-state index in [2.05, 4.69) is 32.7 Å². The molecule has 3 N–H and O–H groups in total. The number of carbonyl (C=O) groups excluding carboxylic acids is 2. The molecular weight excluding hydrogens is 494 g/mol. The van der Waals surface area contributed by atoms with E-state index in [-0.39, 0.29) is 30.6 Å². The highest BCUT2D eigenvalue weighted by Crippen LogP contribution is 2.29. The maximum Gasteiger partial charge on any atom is 0.227 e. The number of nitrogens with zero attached hydrogens (tertiary/aromatic N) is 5. The molecule has 10 heteroatoms. The fraction of sp³-hybridized carbons (Fsp3) is 0.586. The summed E-state index contributed by atoms with van der Waals surface area (Å²) in [7, 11) is 1.59. The minimum Gasteiger partial charge on any atom is -0.391 e. The lowest BCUT2D eigenvalue weighted by molar-refractivity contribution is -0.125. The quantitative estimate of drug-likeness (QED) is 0.324. The third kappa shape index (κ3) is 7.38. The second kappa shape index (κ2) is 13.6. The van der Waals surface area contributed by atoms with E-state index in [1.807, 2.05) is 22.7 Å². The van der Waals surface area contributed by atoms with Gasteiger partial charge in [-0.2, -0.15) is 0 Å². The standard InChI is InChI=1S/C29H41N7O3/c1-4-9-22-28-35-34-26(36(28)18-24(32-22)21-12-8-13-31-17-21)16-27(38)33-23(15-20-10-6-5-7-11-20)25(37)14-19(2)29(39)30-3/h8,12-13,17-20,23,25,37H,4-7,9-11,14-16H2,1-3H3,(H,30,39)(H,33,38)/t19-,23+,25+/m1/s1. The molecule has 3 atom stereocenters. The molecule has 1 aliphatic carbocycles. The van der Waals surface area contributed by atoms with Gasteiger partial charge >= 0.3 is 0 Å². The molecule has 0 spiro atoms. The van der Waals surface area contributed by atoms with Crippen LogP contribution in [-0.4, -0.2) is 60.7 Å². The van der Waals surface area contributed by atoms with Crippen LogP contribution in [0.15, 0.2) is 30.7 Å². The fourth-order valence-electron chi connectivity index (χ4n) is 5.56. The van der Waals surface area contributed by atoms with Crippen molar-refractivity contribution in [1.29, 1.82) is 0 Å². The number of amides is 2. The Morgan fingerprint density at radius 1 is 1.21 bits per heavy atom. The van der Waals surface area contributed by atoms with Crippen molar-refractivity contribution in [3.63, 3.8) is 0 Å². The zero-order valence-corrected chi connectivity index (χ0v) is 23.3. The first kappa shape index (κ1) is 28.6. The summed E-state index contributed by atoms with van der Waals surface area (Å²) in [5.74, 6) is 0.262. The Balaban J connectivity index is 1.54. The van der Waals surface area contributed by atoms with Gasteiger partial charge in [0.25, 0.3) is 0 Å². The van der Waals surface area contributed by atoms with Gasteiger partial charge in [-0.3, -0.25) is 19.0 Å². The summed E-state index contributed by atoms with van der Waals surface area (Å²) in [6.45, 7) is 3.88. The number of pyridine rings is 1. The summed E-state index contributed by atoms with van der Waals surface area (Å²) in [5.41, 5.74) is 3.09. The van der Waals surface area contributed by atoms with Crippen molar-refractivity contribution in [1.82, 2.24) is 35.2 Å². The Labute approximate surface area is 230 Å². The lowest BCUT2D eigenvalue weighted by Crippen LogP contribution is -2.46. The second-order valence-electron chi connectivity index (χ2n) is 10.8. The number of aliphatic hydroxyl groups is 1. The van der Waals surface area contributed by atoms with Crippen LogP contribution in [0.5, 0.6) is 0 Å². The van der Waals surface area contributed by atoms with Gasteiger partial charge in [-0.05, 0) is 37.3 Å². The first-order chi connectivity index (χ1) is 18.9. The van der Waals surface area contributed by atoms with Crippen LogP contribution in [0.1, 0.15) is 76.7 Å². The highest BCUT2D eigenvalue weighted by atomic mass is 16.3. The van der Waals surface area contributed by atoms with Crippen LogP contribution in [0.4, 0.5) is 0 Å². The smallest absolute Gasteiger partial charge is 0.227 e. The molecule has 1 aliphatic rings. The van der Waals surface area contributed by atoms with E-state index < -0.39 is 12.1 Å². The summed E-state index contributed by atoms with van der Waals surface area (Å²) in [6, 6.07) is 3.38. The molecule has 0 unspecified atom stereocenters. The van der Waals surface area contributed by atoms with Crippen molar-refractivity contribution in [2.24, 2.45) is 11.8 Å². The molecule has 3 heterocycles. The van der Waals surface area contributed by atoms with E-state index >= 15 is 0 Å². The maximum atomic E-state index is 13.3. The van der Waals surface area contributed by atoms with Gasteiger partial charge in [0.15, 0.2) is 5.65 Å². The topological polar surface area (TPSA) is 134 Å². The summed E-state index contributed by atoms with van der Waals surface area (Å²) < 4.78 is 1.85. The second-order valence-corrected chi connectivity index (χ2v) is 10.8. The van der Waals surface area contributed by atoms with Crippen LogP contribution in [-0.2, 0) is 22.4 Å². The largest absolute Gasteiger partial charge is 0.391 e. The van der Waals surface area contributed by atoms with Crippen molar-refractivity contribution in [3.8, 4) is 11.3 Å². The number of nitrogens with one attached hydrogen (secondary N) is 2. The lowest BCUT2D eigenvalue weighted by atomic mass is 9.82. The van der Waals surface area contributed by atoms with Crippen molar-refractivity contribution >= 4 is 17.5 Å². The SMILES string of the molecule is CCCc1nc(-c2cccnc2)cn2c(CC(=O)N[C@@H](CC3CCCCC3)[C@@H](O)C[C@@H](C)C(=O)NC)nnc12. The van der Waals surface area contributed by atoms with Gasteiger partial charge in [0.2, 0.25) is 11.8 Å². The van der Waals surface area contributed by atoms with E-state index in [4.69, 9.17) is 4.98 Å². The van der Waals surface area contributed by atoms with E-state index in [0.29, 0.717) is 23.8 Å². The summed E-state index contributed by atoms with van der Waals surface area (Å²) >= 11 is 0. The maximum absolute atomic E-state index is 13.3. The molecule has 10 nitrogen and oxygen atoms in total. The number of aliphatic hydroxyl groups excluding tert-OH is 1. The third-order valence-electron chi connectivity index (χ3n) is 7.71. The predicted octanol–water partition coefficient (Wildman–Crippen LogP) is 3.27. The highest BCUT2D eigenvalue weighted by molar-refractivity contribution is 5.79. The number of carbonyl (C=O) groups is 2.